The van der Waals surface area contributed by atoms with E-state index in [1.54, 1.807) is 0 Å². The van der Waals surface area contributed by atoms with Gasteiger partial charge in [0, 0.05) is 11.1 Å². The Morgan fingerprint density at radius 2 is 0.412 bits per heavy atom. The number of benzene rings is 2. The third kappa shape index (κ3) is 8.19. The maximum atomic E-state index is 14.6. The summed E-state index contributed by atoms with van der Waals surface area (Å²) in [4.78, 5) is 6.96. The lowest BCUT2D eigenvalue weighted by Crippen LogP contribution is -2.74. The molecule has 0 aliphatic rings. The normalized spacial score (nSPS) is 16.4. The summed E-state index contributed by atoms with van der Waals surface area (Å²) in [5.74, 6) is -117. The first-order valence-corrected chi connectivity index (χ1v) is 16.2. The molecule has 68 heavy (non-hydrogen) atoms. The molecule has 0 saturated carbocycles. The second-order valence-corrected chi connectivity index (χ2v) is 13.5. The highest BCUT2D eigenvalue weighted by atomic mass is 19.4. The van der Waals surface area contributed by atoms with Gasteiger partial charge in [-0.2, -0.15) is 149 Å². The standard InChI is InChI=1S/C32H14F34N2/c1-11(67-15-7-3-13(4-8-15)17(33,34)19(37,38)21(41,42)23(45,46)25(49,50)27(53,54)29(57,58)31(61,62)63)12(2)68-16-9-5-14(6-10-16)18(35,36)20(39,40)22(43,44)24(47,48)26(51,52)28(55,56)30(59,60)32(64,65)66/h3-10H,1-2H3. The van der Waals surface area contributed by atoms with Gasteiger partial charge in [0.25, 0.3) is 0 Å². The topological polar surface area (TPSA) is 24.7 Å². The van der Waals surface area contributed by atoms with Crippen molar-refractivity contribution in [3.63, 3.8) is 0 Å². The Morgan fingerprint density at radius 1 is 0.250 bits per heavy atom. The van der Waals surface area contributed by atoms with Crippen LogP contribution in [0.3, 0.4) is 0 Å². The molecule has 2 aromatic rings. The summed E-state index contributed by atoms with van der Waals surface area (Å²) in [5.41, 5.74) is -8.33. The molecular formula is C32H14F34N2. The zero-order chi connectivity index (χ0) is 54.5. The van der Waals surface area contributed by atoms with Crippen molar-refractivity contribution in [1.29, 1.82) is 0 Å². The number of alkyl halides is 34. The lowest BCUT2D eigenvalue weighted by Gasteiger charge is -2.42. The van der Waals surface area contributed by atoms with Crippen molar-refractivity contribution in [1.82, 2.24) is 0 Å². The molecule has 2 aromatic carbocycles. The van der Waals surface area contributed by atoms with Crippen molar-refractivity contribution in [3.05, 3.63) is 59.7 Å². The zero-order valence-corrected chi connectivity index (χ0v) is 31.4. The van der Waals surface area contributed by atoms with E-state index in [9.17, 15) is 149 Å². The molecule has 0 aliphatic carbocycles. The third-order valence-corrected chi connectivity index (χ3v) is 9.02. The summed E-state index contributed by atoms with van der Waals surface area (Å²) in [6.07, 6.45) is -16.0. The van der Waals surface area contributed by atoms with Gasteiger partial charge in [0.15, 0.2) is 0 Å². The van der Waals surface area contributed by atoms with Crippen LogP contribution in [0.15, 0.2) is 58.5 Å². The monoisotopic (exact) mass is 1070 g/mol. The predicted molar refractivity (Wildman–Crippen MR) is 158 cm³/mol. The van der Waals surface area contributed by atoms with Gasteiger partial charge in [0.1, 0.15) is 0 Å². The van der Waals surface area contributed by atoms with E-state index in [1.807, 2.05) is 0 Å². The first kappa shape index (κ1) is 59.5. The van der Waals surface area contributed by atoms with Crippen LogP contribution in [-0.2, 0) is 11.8 Å². The predicted octanol–water partition coefficient (Wildman–Crippen LogP) is 15.5. The lowest BCUT2D eigenvalue weighted by atomic mass is 9.87. The number of aliphatic imine (C=N–C) groups is 2. The first-order chi connectivity index (χ1) is 29.5. The van der Waals surface area contributed by atoms with Crippen molar-refractivity contribution in [3.8, 4) is 0 Å². The van der Waals surface area contributed by atoms with E-state index in [4.69, 9.17) is 0 Å². The molecular weight excluding hydrogens is 1060 g/mol. The Kier molecular flexibility index (Phi) is 14.4. The number of nitrogens with zero attached hydrogens (tertiary/aromatic N) is 2. The second kappa shape index (κ2) is 16.5. The fourth-order valence-electron chi connectivity index (χ4n) is 4.73. The summed E-state index contributed by atoms with van der Waals surface area (Å²) in [6.45, 7) is 1.57. The zero-order valence-electron chi connectivity index (χ0n) is 31.4. The molecule has 0 heterocycles. The summed E-state index contributed by atoms with van der Waals surface area (Å²) >= 11 is 0. The average Bonchev–Trinajstić information content (AvgIpc) is 3.16. The maximum Gasteiger partial charge on any atom is 0.460 e. The molecule has 0 radical (unpaired) electrons. The van der Waals surface area contributed by atoms with E-state index < -0.39 is 153 Å². The van der Waals surface area contributed by atoms with E-state index in [0.29, 0.717) is 0 Å². The minimum absolute atomic E-state index is 0.0221. The number of hydrogen-bond donors (Lipinski definition) is 0. The Labute approximate surface area is 351 Å². The Morgan fingerprint density at radius 3 is 0.588 bits per heavy atom. The van der Waals surface area contributed by atoms with Crippen LogP contribution < -0.4 is 0 Å². The van der Waals surface area contributed by atoms with Gasteiger partial charge in [-0.15, -0.1) is 0 Å². The van der Waals surface area contributed by atoms with Crippen LogP contribution in [0.25, 0.3) is 0 Å². The minimum Gasteiger partial charge on any atom is -0.252 e. The summed E-state index contributed by atoms with van der Waals surface area (Å²) in [6, 6.07) is -1.84. The van der Waals surface area contributed by atoms with Crippen LogP contribution in [0.4, 0.5) is 161 Å². The van der Waals surface area contributed by atoms with E-state index in [-0.39, 0.29) is 24.3 Å². The highest BCUT2D eigenvalue weighted by Gasteiger charge is 2.97. The van der Waals surface area contributed by atoms with Gasteiger partial charge in [-0.3, -0.25) is 9.98 Å². The van der Waals surface area contributed by atoms with Gasteiger partial charge in [-0.05, 0) is 38.1 Å². The molecule has 0 amide bonds. The molecule has 2 rings (SSSR count). The first-order valence-electron chi connectivity index (χ1n) is 16.2. The molecule has 0 bridgehead atoms. The SMILES string of the molecule is CC(=Nc1ccc(C(F)(F)C(F)(F)C(F)(F)C(F)(F)C(F)(F)C(F)(F)C(F)(F)C(F)(F)F)cc1)C(C)=Nc1ccc(C(F)(F)C(F)(F)C(F)(F)C(F)(F)C(F)(F)C(F)(F)C(F)(F)C(F)(F)F)cc1. The van der Waals surface area contributed by atoms with Gasteiger partial charge in [0.05, 0.1) is 22.8 Å². The number of hydrogen-bond acceptors (Lipinski definition) is 2. The second-order valence-electron chi connectivity index (χ2n) is 13.5. The molecule has 36 heteroatoms. The van der Waals surface area contributed by atoms with Gasteiger partial charge in [-0.25, -0.2) is 0 Å². The van der Waals surface area contributed by atoms with Crippen molar-refractivity contribution >= 4 is 22.8 Å². The fourth-order valence-corrected chi connectivity index (χ4v) is 4.73. The van der Waals surface area contributed by atoms with Gasteiger partial charge >= 0.3 is 95.3 Å². The molecule has 0 fully saturated rings. The average molecular weight is 1070 g/mol. The van der Waals surface area contributed by atoms with Crippen molar-refractivity contribution in [2.45, 2.75) is 109 Å². The minimum atomic E-state index is -8.90. The fraction of sp³-hybridized carbons (Fsp3) is 0.562. The summed E-state index contributed by atoms with van der Waals surface area (Å²) in [7, 11) is 0. The summed E-state index contributed by atoms with van der Waals surface area (Å²) < 4.78 is 463. The van der Waals surface area contributed by atoms with Crippen molar-refractivity contribution < 1.29 is 149 Å². The van der Waals surface area contributed by atoms with Crippen LogP contribution in [0.1, 0.15) is 25.0 Å². The number of rotatable bonds is 17. The highest BCUT2D eigenvalue weighted by Crippen LogP contribution is 2.67. The Bertz CT molecular complexity index is 2030. The largest absolute Gasteiger partial charge is 0.460 e. The van der Waals surface area contributed by atoms with Gasteiger partial charge in [0.2, 0.25) is 0 Å². The van der Waals surface area contributed by atoms with Crippen LogP contribution in [-0.4, -0.2) is 94.8 Å². The number of halogens is 34. The van der Waals surface area contributed by atoms with E-state index >= 15 is 0 Å². The van der Waals surface area contributed by atoms with Crippen LogP contribution in [0.2, 0.25) is 0 Å². The van der Waals surface area contributed by atoms with Crippen LogP contribution >= 0.6 is 0 Å². The Hall–Kier alpha value is -4.60. The maximum absolute atomic E-state index is 14.6. The molecule has 0 atom stereocenters. The molecule has 0 unspecified atom stereocenters. The van der Waals surface area contributed by atoms with Crippen molar-refractivity contribution in [2.24, 2.45) is 9.98 Å². The molecule has 0 spiro atoms. The van der Waals surface area contributed by atoms with Gasteiger partial charge < -0.3 is 0 Å². The van der Waals surface area contributed by atoms with Crippen LogP contribution in [0, 0.1) is 0 Å². The smallest absolute Gasteiger partial charge is 0.252 e. The molecule has 390 valence electrons. The van der Waals surface area contributed by atoms with E-state index in [2.05, 4.69) is 9.98 Å². The molecule has 2 nitrogen and oxygen atoms in total. The van der Waals surface area contributed by atoms with Crippen molar-refractivity contribution in [2.75, 3.05) is 0 Å². The molecule has 0 N–H and O–H groups in total. The Balaban J connectivity index is 2.50. The van der Waals surface area contributed by atoms with E-state index in [0.717, 1.165) is 13.8 Å². The molecule has 0 aromatic heterocycles. The molecule has 0 saturated heterocycles. The lowest BCUT2D eigenvalue weighted by molar-refractivity contribution is -0.462. The highest BCUT2D eigenvalue weighted by molar-refractivity contribution is 6.41. The molecule has 0 aliphatic heterocycles. The summed E-state index contributed by atoms with van der Waals surface area (Å²) in [5, 5.41) is 0. The quantitative estimate of drug-likeness (QED) is 0.111. The van der Waals surface area contributed by atoms with E-state index in [1.165, 1.54) is 0 Å². The third-order valence-electron chi connectivity index (χ3n) is 9.02. The van der Waals surface area contributed by atoms with Gasteiger partial charge in [-0.1, -0.05) is 24.3 Å². The van der Waals surface area contributed by atoms with Crippen LogP contribution in [0.5, 0.6) is 0 Å².